The molecule has 0 N–H and O–H groups in total. The van der Waals surface area contributed by atoms with Gasteiger partial charge >= 0.3 is 31.5 Å². The van der Waals surface area contributed by atoms with Crippen molar-refractivity contribution < 1.29 is 51.9 Å². The molecule has 0 aliphatic rings. The van der Waals surface area contributed by atoms with Crippen LogP contribution in [-0.2, 0) is 23.9 Å². The van der Waals surface area contributed by atoms with Gasteiger partial charge in [0.1, 0.15) is 0 Å². The Balaban J connectivity index is 2.29. The van der Waals surface area contributed by atoms with Crippen molar-refractivity contribution in [1.29, 1.82) is 0 Å². The van der Waals surface area contributed by atoms with Crippen molar-refractivity contribution >= 4 is 43.0 Å². The third-order valence-electron chi connectivity index (χ3n) is 5.63. The fraction of sp³-hybridized carbons (Fsp3) is 0.308. The van der Waals surface area contributed by atoms with Gasteiger partial charge in [-0.2, -0.15) is 43.5 Å². The van der Waals surface area contributed by atoms with E-state index in [1.165, 1.54) is 72.8 Å². The van der Waals surface area contributed by atoms with Crippen LogP contribution < -0.4 is 0 Å². The average molecular weight is 742 g/mol. The van der Waals surface area contributed by atoms with E-state index in [4.69, 9.17) is 3.63 Å². The average Bonchev–Trinajstić information content (AvgIpc) is 2.86. The highest BCUT2D eigenvalue weighted by atomic mass is 127. The van der Waals surface area contributed by atoms with Crippen molar-refractivity contribution in [2.45, 2.75) is 62.3 Å². The van der Waals surface area contributed by atoms with Crippen LogP contribution in [0.1, 0.15) is 26.3 Å². The van der Waals surface area contributed by atoms with Gasteiger partial charge in [-0.05, 0) is 57.7 Å². The Hall–Kier alpha value is -1.95. The van der Waals surface area contributed by atoms with E-state index in [9.17, 15) is 34.8 Å². The van der Waals surface area contributed by atoms with Crippen molar-refractivity contribution in [3.8, 4) is 0 Å². The first-order valence-corrected chi connectivity index (χ1v) is 15.5. The molecular formula is C26H23F8IO4S2. The molecule has 15 heteroatoms. The van der Waals surface area contributed by atoms with Crippen molar-refractivity contribution in [3.63, 3.8) is 0 Å². The van der Waals surface area contributed by atoms with E-state index < -0.39 is 47.2 Å². The Labute approximate surface area is 246 Å². The largest absolute Gasteiger partial charge is 0.461 e. The maximum Gasteiger partial charge on any atom is 0.461 e. The normalized spacial score (nSPS) is 14.6. The molecule has 0 atom stereocenters. The molecule has 0 amide bonds. The third-order valence-corrected chi connectivity index (χ3v) is 11.5. The number of ether oxygens (including phenoxy) is 1. The Morgan fingerprint density at radius 3 is 1.37 bits per heavy atom. The number of alkyl halides is 9. The zero-order valence-electron chi connectivity index (χ0n) is 21.4. The van der Waals surface area contributed by atoms with E-state index in [0.717, 1.165) is 5.56 Å². The van der Waals surface area contributed by atoms with Crippen LogP contribution in [0.25, 0.3) is 0 Å². The quantitative estimate of drug-likeness (QED) is 0.118. The summed E-state index contributed by atoms with van der Waals surface area (Å²) in [5, 5.41) is -6.56. The van der Waals surface area contributed by atoms with E-state index in [1.54, 1.807) is 12.1 Å². The van der Waals surface area contributed by atoms with Gasteiger partial charge in [-0.3, -0.25) is 0 Å². The van der Waals surface area contributed by atoms with E-state index in [2.05, 4.69) is 4.74 Å². The van der Waals surface area contributed by atoms with Gasteiger partial charge in [0, 0.05) is 37.3 Å². The lowest BCUT2D eigenvalue weighted by molar-refractivity contribution is -0.438. The van der Waals surface area contributed by atoms with Gasteiger partial charge in [-0.1, -0.05) is 69.3 Å². The van der Waals surface area contributed by atoms with Crippen LogP contribution in [0.5, 0.6) is 0 Å². The zero-order chi connectivity index (χ0) is 31.1. The molecule has 0 saturated heterocycles. The topological polar surface area (TPSA) is 52.6 Å². The lowest BCUT2D eigenvalue weighted by atomic mass is 9.87. The second kappa shape index (κ2) is 11.3. The molecular weight excluding hydrogens is 719 g/mol. The van der Waals surface area contributed by atoms with Crippen LogP contribution in [0.2, 0.25) is 0 Å². The predicted molar refractivity (Wildman–Crippen MR) is 145 cm³/mol. The van der Waals surface area contributed by atoms with E-state index in [-0.39, 0.29) is 37.3 Å². The van der Waals surface area contributed by atoms with Gasteiger partial charge < -0.3 is 0 Å². The Bertz CT molecular complexity index is 1400. The summed E-state index contributed by atoms with van der Waals surface area (Å²) >= 11 is -0.301. The van der Waals surface area contributed by atoms with E-state index in [1.807, 2.05) is 20.8 Å². The first-order valence-electron chi connectivity index (χ1n) is 11.5. The fourth-order valence-corrected chi connectivity index (χ4v) is 8.72. The SMILES string of the molecule is CC(C)(C)c1ccc(S(OS(=O)(=O)C(F)(F)C(F)(F)OC(F)(F)C(F)(F)I)(c2ccccc2)c2ccccc2)cc1. The summed E-state index contributed by atoms with van der Waals surface area (Å²) in [5.74, 6) is 0. The molecule has 0 radical (unpaired) electrons. The monoisotopic (exact) mass is 742 g/mol. The minimum Gasteiger partial charge on any atom is -0.244 e. The zero-order valence-corrected chi connectivity index (χ0v) is 25.2. The molecule has 0 saturated carbocycles. The Morgan fingerprint density at radius 2 is 1.00 bits per heavy atom. The summed E-state index contributed by atoms with van der Waals surface area (Å²) in [6.45, 7) is 5.61. The smallest absolute Gasteiger partial charge is 0.244 e. The molecule has 41 heavy (non-hydrogen) atoms. The highest BCUT2D eigenvalue weighted by molar-refractivity contribution is 14.1. The summed E-state index contributed by atoms with van der Waals surface area (Å²) < 4.78 is 141. The van der Waals surface area contributed by atoms with Gasteiger partial charge in [-0.25, -0.2) is 8.37 Å². The van der Waals surface area contributed by atoms with Crippen LogP contribution in [0, 0.1) is 0 Å². The number of hydrogen-bond acceptors (Lipinski definition) is 4. The lowest BCUT2D eigenvalue weighted by Crippen LogP contribution is -2.55. The number of benzene rings is 3. The standard InChI is InChI=1S/C26H23F8IO4S2/c1-22(2,3)18-14-16-21(17-15-18)40(19-10-6-4-7-11-19,20-12-8-5-9-13-20)39-41(36,37)26(33,34)25(31,32)38-24(29,30)23(27,28)35/h4-17H,1-3H3. The van der Waals surface area contributed by atoms with Crippen molar-refractivity contribution in [1.82, 2.24) is 0 Å². The van der Waals surface area contributed by atoms with Gasteiger partial charge in [0.2, 0.25) is 0 Å². The molecule has 0 fully saturated rings. The second-order valence-electron chi connectivity index (χ2n) is 9.63. The molecule has 0 aromatic heterocycles. The third kappa shape index (κ3) is 6.53. The van der Waals surface area contributed by atoms with Crippen molar-refractivity contribution in [2.75, 3.05) is 0 Å². The van der Waals surface area contributed by atoms with Crippen molar-refractivity contribution in [2.24, 2.45) is 0 Å². The van der Waals surface area contributed by atoms with Gasteiger partial charge in [-0.15, -0.1) is 0 Å². The van der Waals surface area contributed by atoms with Gasteiger partial charge in [0.15, 0.2) is 0 Å². The number of halogens is 9. The summed E-state index contributed by atoms with van der Waals surface area (Å²) in [7, 11) is -10.8. The van der Waals surface area contributed by atoms with E-state index in [0.29, 0.717) is 0 Å². The maximum atomic E-state index is 15.0. The van der Waals surface area contributed by atoms with Crippen LogP contribution in [-0.4, -0.2) is 29.8 Å². The Kier molecular flexibility index (Phi) is 9.23. The summed E-state index contributed by atoms with van der Waals surface area (Å²) in [4.78, 5) is -0.111. The summed E-state index contributed by atoms with van der Waals surface area (Å²) in [5.41, 5.74) is 0.340. The summed E-state index contributed by atoms with van der Waals surface area (Å²) in [6, 6.07) is 19.8. The molecule has 3 aromatic rings. The first-order chi connectivity index (χ1) is 18.6. The number of hydrogen-bond donors (Lipinski definition) is 0. The molecule has 226 valence electrons. The highest BCUT2D eigenvalue weighted by Crippen LogP contribution is 2.71. The highest BCUT2D eigenvalue weighted by Gasteiger charge is 2.75. The molecule has 0 spiro atoms. The molecule has 0 aliphatic carbocycles. The Morgan fingerprint density at radius 1 is 0.610 bits per heavy atom. The number of rotatable bonds is 10. The first kappa shape index (κ1) is 33.6. The minimum absolute atomic E-state index is 0.0318. The van der Waals surface area contributed by atoms with Gasteiger partial charge in [0.25, 0.3) is 0 Å². The maximum absolute atomic E-state index is 15.0. The van der Waals surface area contributed by atoms with E-state index >= 15 is 8.78 Å². The van der Waals surface area contributed by atoms with Crippen LogP contribution >= 0.6 is 32.9 Å². The van der Waals surface area contributed by atoms with Crippen LogP contribution in [0.4, 0.5) is 35.1 Å². The molecule has 3 aromatic carbocycles. The fourth-order valence-electron chi connectivity index (χ4n) is 3.50. The van der Waals surface area contributed by atoms with Crippen molar-refractivity contribution in [3.05, 3.63) is 90.5 Å². The predicted octanol–water partition coefficient (Wildman–Crippen LogP) is 9.35. The van der Waals surface area contributed by atoms with Crippen LogP contribution in [0.15, 0.2) is 99.6 Å². The molecule has 0 bridgehead atoms. The summed E-state index contributed by atoms with van der Waals surface area (Å²) in [6.07, 6.45) is -12.8. The van der Waals surface area contributed by atoms with Gasteiger partial charge in [0.05, 0.1) is 0 Å². The van der Waals surface area contributed by atoms with Crippen LogP contribution in [0.3, 0.4) is 0 Å². The molecule has 0 heterocycles. The lowest BCUT2D eigenvalue weighted by Gasteiger charge is -2.41. The molecule has 0 aliphatic heterocycles. The minimum atomic E-state index is -6.93. The molecule has 0 unspecified atom stereocenters. The second-order valence-corrected chi connectivity index (χ2v) is 15.5. The molecule has 4 nitrogen and oxygen atoms in total. The molecule has 3 rings (SSSR count).